The molecule has 4 heterocycles. The maximum absolute atomic E-state index is 14.7. The normalized spacial score (nSPS) is 14.9. The molecule has 1 aliphatic heterocycles. The summed E-state index contributed by atoms with van der Waals surface area (Å²) in [5.41, 5.74) is 2.86. The molecule has 0 radical (unpaired) electrons. The molecule has 4 aromatic rings. The van der Waals surface area contributed by atoms with E-state index in [0.717, 1.165) is 29.1 Å². The zero-order valence-electron chi connectivity index (χ0n) is 19.2. The highest BCUT2D eigenvalue weighted by atomic mass is 19.3. The number of rotatable bonds is 6. The monoisotopic (exact) mass is 480 g/mol. The first-order chi connectivity index (χ1) is 16.9. The molecular weight excluding hydrogens is 457 g/mol. The number of aromatic nitrogens is 4. The average molecular weight is 480 g/mol. The Morgan fingerprint density at radius 3 is 2.66 bits per heavy atom. The van der Waals surface area contributed by atoms with Gasteiger partial charge in [-0.3, -0.25) is 9.97 Å². The van der Waals surface area contributed by atoms with Crippen molar-refractivity contribution in [3.8, 4) is 0 Å². The first kappa shape index (κ1) is 22.8. The van der Waals surface area contributed by atoms with Crippen molar-refractivity contribution in [1.82, 2.24) is 20.2 Å². The van der Waals surface area contributed by atoms with E-state index < -0.39 is 23.8 Å². The predicted molar refractivity (Wildman–Crippen MR) is 127 cm³/mol. The van der Waals surface area contributed by atoms with Crippen LogP contribution in [0.4, 0.5) is 24.9 Å². The van der Waals surface area contributed by atoms with Gasteiger partial charge in [0.1, 0.15) is 5.82 Å². The molecule has 1 N–H and O–H groups in total. The summed E-state index contributed by atoms with van der Waals surface area (Å²) < 4.78 is 46.5. The van der Waals surface area contributed by atoms with Crippen molar-refractivity contribution < 1.29 is 17.6 Å². The van der Waals surface area contributed by atoms with Crippen LogP contribution >= 0.6 is 0 Å². The van der Waals surface area contributed by atoms with Crippen LogP contribution in [-0.2, 0) is 0 Å². The first-order valence-electron chi connectivity index (χ1n) is 11.2. The number of nitrogens with one attached hydrogen (secondary N) is 1. The summed E-state index contributed by atoms with van der Waals surface area (Å²) in [7, 11) is 0. The highest BCUT2D eigenvalue weighted by molar-refractivity contribution is 5.92. The lowest BCUT2D eigenvalue weighted by Crippen LogP contribution is -2.28. The van der Waals surface area contributed by atoms with Gasteiger partial charge in [0.05, 0.1) is 29.0 Å². The fraction of sp³-hybridized carbons (Fsp3) is 0.280. The Morgan fingerprint density at radius 2 is 1.94 bits per heavy atom. The van der Waals surface area contributed by atoms with Gasteiger partial charge in [-0.2, -0.15) is 0 Å². The summed E-state index contributed by atoms with van der Waals surface area (Å²) in [5, 5.41) is 12.0. The van der Waals surface area contributed by atoms with E-state index in [1.165, 1.54) is 12.1 Å². The molecule has 1 atom stereocenters. The van der Waals surface area contributed by atoms with Gasteiger partial charge in [0.15, 0.2) is 0 Å². The van der Waals surface area contributed by atoms with E-state index in [-0.39, 0.29) is 5.56 Å². The number of hydrogen-bond acceptors (Lipinski definition) is 7. The molecule has 5 rings (SSSR count). The number of halogens is 3. The lowest BCUT2D eigenvalue weighted by atomic mass is 10.0. The number of nitrogens with zero attached hydrogens (tertiary/aromatic N) is 5. The van der Waals surface area contributed by atoms with Crippen LogP contribution in [0, 0.1) is 12.7 Å². The van der Waals surface area contributed by atoms with Gasteiger partial charge in [0, 0.05) is 42.8 Å². The number of fused-ring (bicyclic) bond motifs is 1. The van der Waals surface area contributed by atoms with Gasteiger partial charge < -0.3 is 14.6 Å². The van der Waals surface area contributed by atoms with E-state index >= 15 is 0 Å². The minimum absolute atomic E-state index is 0.174. The van der Waals surface area contributed by atoms with Crippen LogP contribution in [0.15, 0.2) is 53.2 Å². The maximum atomic E-state index is 14.7. The van der Waals surface area contributed by atoms with Gasteiger partial charge in [-0.05, 0) is 31.1 Å². The Balaban J connectivity index is 1.41. The molecular formula is C25H23F3N6O. The van der Waals surface area contributed by atoms with E-state index in [4.69, 9.17) is 4.42 Å². The summed E-state index contributed by atoms with van der Waals surface area (Å²) in [5.74, 6) is -0.370. The molecule has 0 saturated heterocycles. The number of alkyl halides is 2. The second kappa shape index (κ2) is 9.36. The molecule has 180 valence electrons. The lowest BCUT2D eigenvalue weighted by molar-refractivity contribution is 0.146. The number of benzene rings is 1. The topological polar surface area (TPSA) is 80.0 Å². The molecule has 0 amide bonds. The van der Waals surface area contributed by atoms with Crippen molar-refractivity contribution in [3.63, 3.8) is 0 Å². The summed E-state index contributed by atoms with van der Waals surface area (Å²) in [6.07, 6.45) is 3.28. The lowest BCUT2D eigenvalue weighted by Gasteiger charge is -2.24. The smallest absolute Gasteiger partial charge is 0.318 e. The molecule has 35 heavy (non-hydrogen) atoms. The summed E-state index contributed by atoms with van der Waals surface area (Å²) in [6, 6.07) is 7.74. The number of aryl methyl sites for hydroxylation is 1. The molecule has 1 aromatic carbocycles. The third kappa shape index (κ3) is 4.55. The maximum Gasteiger partial charge on any atom is 0.318 e. The largest absolute Gasteiger partial charge is 0.408 e. The van der Waals surface area contributed by atoms with Crippen molar-refractivity contribution in [2.45, 2.75) is 32.7 Å². The van der Waals surface area contributed by atoms with Crippen molar-refractivity contribution >= 4 is 28.2 Å². The molecule has 1 aliphatic rings. The molecule has 7 nitrogen and oxygen atoms in total. The van der Waals surface area contributed by atoms with Crippen LogP contribution in [0.25, 0.3) is 16.5 Å². The number of pyridine rings is 2. The SMILES string of the molecule is Cc1nnc(N2CC=C(c3cc4c(N[C@H](C)c5cccc(C(F)F)c5F)ccnc4cn3)CC2)o1. The van der Waals surface area contributed by atoms with Crippen LogP contribution in [-0.4, -0.2) is 33.3 Å². The molecule has 0 saturated carbocycles. The van der Waals surface area contributed by atoms with E-state index in [9.17, 15) is 13.2 Å². The Kier molecular flexibility index (Phi) is 6.10. The number of hydrogen-bond donors (Lipinski definition) is 1. The summed E-state index contributed by atoms with van der Waals surface area (Å²) >= 11 is 0. The van der Waals surface area contributed by atoms with E-state index in [0.29, 0.717) is 36.2 Å². The van der Waals surface area contributed by atoms with Crippen molar-refractivity contribution in [2.75, 3.05) is 23.3 Å². The molecule has 10 heteroatoms. The molecule has 0 spiro atoms. The summed E-state index contributed by atoms with van der Waals surface area (Å²) in [6.45, 7) is 4.82. The Bertz CT molecular complexity index is 1400. The van der Waals surface area contributed by atoms with Crippen molar-refractivity contribution in [1.29, 1.82) is 0 Å². The van der Waals surface area contributed by atoms with Gasteiger partial charge in [0.2, 0.25) is 5.89 Å². The first-order valence-corrected chi connectivity index (χ1v) is 11.2. The van der Waals surface area contributed by atoms with Crippen LogP contribution < -0.4 is 10.2 Å². The van der Waals surface area contributed by atoms with Gasteiger partial charge >= 0.3 is 6.01 Å². The van der Waals surface area contributed by atoms with Crippen molar-refractivity contribution in [2.24, 2.45) is 0 Å². The van der Waals surface area contributed by atoms with Crippen LogP contribution in [0.1, 0.15) is 48.5 Å². The van der Waals surface area contributed by atoms with E-state index in [2.05, 4.69) is 31.6 Å². The fourth-order valence-electron chi connectivity index (χ4n) is 4.22. The molecule has 0 unspecified atom stereocenters. The standard InChI is InChI=1S/C25H23F3N6O/c1-14(17-4-3-5-18(23(17)26)24(27)28)31-20-6-9-29-22-13-30-21(12-19(20)22)16-7-10-34(11-8-16)25-33-32-15(2)35-25/h3-7,9,12-14,24H,8,10-11H2,1-2H3,(H,29,31)/t14-/m1/s1. The summed E-state index contributed by atoms with van der Waals surface area (Å²) in [4.78, 5) is 11.0. The Morgan fingerprint density at radius 1 is 1.11 bits per heavy atom. The average Bonchev–Trinajstić information content (AvgIpc) is 3.30. The fourth-order valence-corrected chi connectivity index (χ4v) is 4.22. The van der Waals surface area contributed by atoms with Crippen LogP contribution in [0.3, 0.4) is 0 Å². The quantitative estimate of drug-likeness (QED) is 0.370. The minimum atomic E-state index is -2.87. The second-order valence-corrected chi connectivity index (χ2v) is 8.39. The molecule has 0 bridgehead atoms. The molecule has 3 aromatic heterocycles. The van der Waals surface area contributed by atoms with E-state index in [1.807, 2.05) is 11.0 Å². The van der Waals surface area contributed by atoms with Gasteiger partial charge in [-0.1, -0.05) is 29.4 Å². The van der Waals surface area contributed by atoms with Crippen LogP contribution in [0.5, 0.6) is 0 Å². The Hall–Kier alpha value is -3.95. The Labute approximate surface area is 199 Å². The van der Waals surface area contributed by atoms with Gasteiger partial charge in [-0.15, -0.1) is 5.10 Å². The molecule has 0 aliphatic carbocycles. The van der Waals surface area contributed by atoms with Gasteiger partial charge in [0.25, 0.3) is 6.43 Å². The zero-order chi connectivity index (χ0) is 24.5. The highest BCUT2D eigenvalue weighted by Gasteiger charge is 2.21. The zero-order valence-corrected chi connectivity index (χ0v) is 19.2. The van der Waals surface area contributed by atoms with Gasteiger partial charge in [-0.25, -0.2) is 13.2 Å². The molecule has 0 fully saturated rings. The van der Waals surface area contributed by atoms with Crippen molar-refractivity contribution in [3.05, 3.63) is 77.3 Å². The third-order valence-electron chi connectivity index (χ3n) is 6.08. The predicted octanol–water partition coefficient (Wildman–Crippen LogP) is 5.86. The van der Waals surface area contributed by atoms with E-state index in [1.54, 1.807) is 32.3 Å². The van der Waals surface area contributed by atoms with Crippen LogP contribution in [0.2, 0.25) is 0 Å². The third-order valence-corrected chi connectivity index (χ3v) is 6.08. The second-order valence-electron chi connectivity index (χ2n) is 8.39. The minimum Gasteiger partial charge on any atom is -0.408 e. The number of anilines is 2. The highest BCUT2D eigenvalue weighted by Crippen LogP contribution is 2.32.